The summed E-state index contributed by atoms with van der Waals surface area (Å²) in [7, 11) is 2.04. The number of hydrogen-bond donors (Lipinski definition) is 1. The highest BCUT2D eigenvalue weighted by Gasteiger charge is 2.33. The number of pyridine rings is 1. The van der Waals surface area contributed by atoms with Crippen molar-refractivity contribution in [1.82, 2.24) is 14.8 Å². The molecule has 0 saturated carbocycles. The summed E-state index contributed by atoms with van der Waals surface area (Å²) in [4.78, 5) is 31.0. The van der Waals surface area contributed by atoms with Crippen molar-refractivity contribution in [2.24, 2.45) is 0 Å². The van der Waals surface area contributed by atoms with E-state index in [1.165, 1.54) is 10.5 Å². The van der Waals surface area contributed by atoms with Gasteiger partial charge in [-0.25, -0.2) is 4.79 Å². The Balaban J connectivity index is 1.66. The van der Waals surface area contributed by atoms with Crippen LogP contribution in [0.2, 0.25) is 0 Å². The average molecular weight is 319 g/mol. The fourth-order valence-corrected chi connectivity index (χ4v) is 2.95. The Morgan fingerprint density at radius 2 is 2.09 bits per heavy atom. The molecule has 1 amide bonds. The highest BCUT2D eigenvalue weighted by Crippen LogP contribution is 2.18. The largest absolute Gasteiger partial charge is 0.480 e. The Bertz CT molecular complexity index is 521. The molecule has 23 heavy (non-hydrogen) atoms. The molecule has 1 aliphatic heterocycles. The smallest absolute Gasteiger partial charge is 0.326 e. The third-order valence-electron chi connectivity index (χ3n) is 4.32. The Hall–Kier alpha value is -1.95. The lowest BCUT2D eigenvalue weighted by Gasteiger charge is -2.22. The molecule has 1 atom stereocenters. The van der Waals surface area contributed by atoms with Crippen molar-refractivity contribution >= 4 is 11.9 Å². The molecule has 6 heteroatoms. The predicted molar refractivity (Wildman–Crippen MR) is 87.0 cm³/mol. The van der Waals surface area contributed by atoms with E-state index < -0.39 is 12.0 Å². The van der Waals surface area contributed by atoms with Crippen molar-refractivity contribution in [1.29, 1.82) is 0 Å². The van der Waals surface area contributed by atoms with E-state index in [0.29, 0.717) is 19.4 Å². The zero-order valence-corrected chi connectivity index (χ0v) is 13.6. The van der Waals surface area contributed by atoms with E-state index in [9.17, 15) is 9.59 Å². The molecule has 1 aromatic rings. The second-order valence-electron chi connectivity index (χ2n) is 6.10. The zero-order chi connectivity index (χ0) is 16.7. The minimum absolute atomic E-state index is 0.0302. The van der Waals surface area contributed by atoms with E-state index >= 15 is 0 Å². The molecule has 0 bridgehead atoms. The summed E-state index contributed by atoms with van der Waals surface area (Å²) in [5.41, 5.74) is 1.25. The molecule has 126 valence electrons. The van der Waals surface area contributed by atoms with Crippen LogP contribution >= 0.6 is 0 Å². The Kier molecular flexibility index (Phi) is 6.52. The first-order chi connectivity index (χ1) is 11.1. The summed E-state index contributed by atoms with van der Waals surface area (Å²) >= 11 is 0. The number of hydrogen-bond acceptors (Lipinski definition) is 4. The molecule has 0 radical (unpaired) electrons. The van der Waals surface area contributed by atoms with Gasteiger partial charge in [-0.05, 0) is 57.0 Å². The van der Waals surface area contributed by atoms with Crippen molar-refractivity contribution < 1.29 is 14.7 Å². The third-order valence-corrected chi connectivity index (χ3v) is 4.32. The maximum absolute atomic E-state index is 12.2. The maximum Gasteiger partial charge on any atom is 0.326 e. The molecule has 1 aliphatic rings. The number of carbonyl (C=O) groups excluding carboxylic acids is 1. The van der Waals surface area contributed by atoms with Gasteiger partial charge in [-0.3, -0.25) is 9.78 Å². The van der Waals surface area contributed by atoms with Gasteiger partial charge in [0.25, 0.3) is 0 Å². The second-order valence-corrected chi connectivity index (χ2v) is 6.10. The van der Waals surface area contributed by atoms with Gasteiger partial charge in [0.2, 0.25) is 5.91 Å². The van der Waals surface area contributed by atoms with Gasteiger partial charge in [0.05, 0.1) is 0 Å². The number of rotatable bonds is 8. The van der Waals surface area contributed by atoms with E-state index in [1.54, 1.807) is 12.4 Å². The van der Waals surface area contributed by atoms with Gasteiger partial charge >= 0.3 is 5.97 Å². The monoisotopic (exact) mass is 319 g/mol. The first-order valence-electron chi connectivity index (χ1n) is 8.17. The second kappa shape index (κ2) is 8.62. The Morgan fingerprint density at radius 1 is 1.35 bits per heavy atom. The van der Waals surface area contributed by atoms with Gasteiger partial charge in [-0.15, -0.1) is 0 Å². The molecule has 2 rings (SSSR count). The van der Waals surface area contributed by atoms with Crippen LogP contribution in [0.1, 0.15) is 31.2 Å². The number of aromatic nitrogens is 1. The Labute approximate surface area is 137 Å². The van der Waals surface area contributed by atoms with Crippen molar-refractivity contribution in [3.05, 3.63) is 30.1 Å². The lowest BCUT2D eigenvalue weighted by atomic mass is 10.2. The van der Waals surface area contributed by atoms with E-state index in [-0.39, 0.29) is 5.91 Å². The molecule has 1 aromatic heterocycles. The highest BCUT2D eigenvalue weighted by atomic mass is 16.4. The number of aliphatic carboxylic acids is 1. The van der Waals surface area contributed by atoms with Crippen LogP contribution in [0.4, 0.5) is 0 Å². The lowest BCUT2D eigenvalue weighted by Crippen LogP contribution is -2.40. The van der Waals surface area contributed by atoms with Gasteiger partial charge in [0.1, 0.15) is 6.04 Å². The van der Waals surface area contributed by atoms with Crippen LogP contribution < -0.4 is 0 Å². The topological polar surface area (TPSA) is 73.7 Å². The van der Waals surface area contributed by atoms with Gasteiger partial charge in [0, 0.05) is 31.9 Å². The normalized spacial score (nSPS) is 17.7. The minimum atomic E-state index is -0.884. The van der Waals surface area contributed by atoms with Gasteiger partial charge in [-0.2, -0.15) is 0 Å². The quantitative estimate of drug-likeness (QED) is 0.784. The number of carboxylic acid groups (broad SMARTS) is 1. The van der Waals surface area contributed by atoms with Crippen molar-refractivity contribution in [3.8, 4) is 0 Å². The number of carboxylic acids is 1. The van der Waals surface area contributed by atoms with E-state index in [4.69, 9.17) is 5.11 Å². The summed E-state index contributed by atoms with van der Waals surface area (Å²) in [5.74, 6) is -0.914. The first-order valence-corrected chi connectivity index (χ1v) is 8.17. The molecule has 1 N–H and O–H groups in total. The fourth-order valence-electron chi connectivity index (χ4n) is 2.95. The molecule has 0 spiro atoms. The van der Waals surface area contributed by atoms with Crippen LogP contribution in [-0.4, -0.2) is 64.5 Å². The van der Waals surface area contributed by atoms with Crippen LogP contribution in [0.5, 0.6) is 0 Å². The van der Waals surface area contributed by atoms with Crippen molar-refractivity contribution in [3.63, 3.8) is 0 Å². The molecule has 6 nitrogen and oxygen atoms in total. The number of carbonyl (C=O) groups is 2. The van der Waals surface area contributed by atoms with Crippen LogP contribution in [0.3, 0.4) is 0 Å². The molecule has 1 unspecified atom stereocenters. The summed E-state index contributed by atoms with van der Waals surface area (Å²) in [6, 6.07) is 3.40. The van der Waals surface area contributed by atoms with Gasteiger partial charge in [0.15, 0.2) is 0 Å². The molecular formula is C17H25N3O3. The molecule has 1 saturated heterocycles. The summed E-state index contributed by atoms with van der Waals surface area (Å²) in [6.07, 6.45) is 7.09. The molecular weight excluding hydrogens is 294 g/mol. The molecule has 2 heterocycles. The number of amides is 1. The molecule has 1 fully saturated rings. The fraction of sp³-hybridized carbons (Fsp3) is 0.588. The van der Waals surface area contributed by atoms with Gasteiger partial charge in [-0.1, -0.05) is 0 Å². The number of likely N-dealkylation sites (tertiary alicyclic amines) is 1. The third kappa shape index (κ3) is 5.32. The highest BCUT2D eigenvalue weighted by molar-refractivity contribution is 5.84. The molecule has 0 aliphatic carbocycles. The minimum Gasteiger partial charge on any atom is -0.480 e. The van der Waals surface area contributed by atoms with E-state index in [1.807, 2.05) is 19.2 Å². The van der Waals surface area contributed by atoms with Crippen LogP contribution in [0, 0.1) is 0 Å². The van der Waals surface area contributed by atoms with Crippen LogP contribution in [0.15, 0.2) is 24.5 Å². The van der Waals surface area contributed by atoms with E-state index in [2.05, 4.69) is 9.88 Å². The Morgan fingerprint density at radius 3 is 2.78 bits per heavy atom. The average Bonchev–Trinajstić information content (AvgIpc) is 3.04. The number of likely N-dealkylation sites (N-methyl/N-ethyl adjacent to an activating group) is 1. The van der Waals surface area contributed by atoms with Gasteiger partial charge < -0.3 is 14.9 Å². The standard InChI is InChI=1S/C17H25N3O3/c1-19(13-8-14-6-9-18-10-7-14)11-3-5-16(21)20-12-2-4-15(20)17(22)23/h6-7,9-10,15H,2-5,8,11-13H2,1H3,(H,22,23). The zero-order valence-electron chi connectivity index (χ0n) is 13.6. The van der Waals surface area contributed by atoms with E-state index in [0.717, 1.165) is 32.4 Å². The van der Waals surface area contributed by atoms with Crippen molar-refractivity contribution in [2.75, 3.05) is 26.7 Å². The lowest BCUT2D eigenvalue weighted by molar-refractivity contribution is -0.148. The summed E-state index contributed by atoms with van der Waals surface area (Å²) in [6.45, 7) is 2.34. The van der Waals surface area contributed by atoms with Crippen molar-refractivity contribution in [2.45, 2.75) is 38.1 Å². The van der Waals surface area contributed by atoms with Crippen LogP contribution in [-0.2, 0) is 16.0 Å². The van der Waals surface area contributed by atoms with Crippen LogP contribution in [0.25, 0.3) is 0 Å². The maximum atomic E-state index is 12.2. The summed E-state index contributed by atoms with van der Waals surface area (Å²) < 4.78 is 0. The SMILES string of the molecule is CN(CCCC(=O)N1CCCC1C(=O)O)CCc1ccncc1. The first kappa shape index (κ1) is 17.4. The predicted octanol–water partition coefficient (Wildman–Crippen LogP) is 1.41. The molecule has 0 aromatic carbocycles. The number of nitrogens with zero attached hydrogens (tertiary/aromatic N) is 3. The summed E-state index contributed by atoms with van der Waals surface area (Å²) in [5, 5.41) is 9.12.